The Morgan fingerprint density at radius 2 is 0.697 bits per heavy atom. The van der Waals surface area contributed by atoms with E-state index in [0.29, 0.717) is 11.4 Å². The maximum atomic E-state index is 7.36. The van der Waals surface area contributed by atoms with E-state index in [-0.39, 0.29) is 0 Å². The van der Waals surface area contributed by atoms with Gasteiger partial charge in [0.05, 0.1) is 39.0 Å². The predicted octanol–water partition coefficient (Wildman–Crippen LogP) is 19.0. The number of benzene rings is 11. The molecule has 11 aromatic carbocycles. The molecular formula is C69H47N5S2. The highest BCUT2D eigenvalue weighted by molar-refractivity contribution is 7.27. The normalized spacial score (nSPS) is 12.4. The van der Waals surface area contributed by atoms with Crippen LogP contribution in [0.3, 0.4) is 0 Å². The first-order chi connectivity index (χ1) is 37.3. The maximum absolute atomic E-state index is 7.36. The average molecular weight is 1010 g/mol. The quantitative estimate of drug-likeness (QED) is 0.163. The second kappa shape index (κ2) is 15.9. The number of anilines is 2. The van der Waals surface area contributed by atoms with E-state index in [1.54, 1.807) is 0 Å². The van der Waals surface area contributed by atoms with Crippen LogP contribution in [0.1, 0.15) is 19.4 Å². The van der Waals surface area contributed by atoms with Crippen molar-refractivity contribution < 1.29 is 0 Å². The van der Waals surface area contributed by atoms with Gasteiger partial charge in [0.15, 0.2) is 0 Å². The van der Waals surface area contributed by atoms with Gasteiger partial charge in [0, 0.05) is 123 Å². The average Bonchev–Trinajstić information content (AvgIpc) is 4.35. The van der Waals surface area contributed by atoms with E-state index in [1.807, 2.05) is 46.9 Å². The lowest BCUT2D eigenvalue weighted by Crippen LogP contribution is -2.31. The molecule has 0 amide bonds. The molecule has 0 saturated carbocycles. The summed E-state index contributed by atoms with van der Waals surface area (Å²) in [6.07, 6.45) is 0. The first kappa shape index (κ1) is 43.3. The molecule has 5 aromatic heterocycles. The van der Waals surface area contributed by atoms with Crippen LogP contribution < -0.4 is 11.5 Å². The number of hydrogen-bond acceptors (Lipinski definition) is 4. The van der Waals surface area contributed by atoms with Crippen LogP contribution >= 0.6 is 22.7 Å². The van der Waals surface area contributed by atoms with Gasteiger partial charge in [-0.05, 0) is 80.6 Å². The Balaban J connectivity index is 1.20. The number of para-hydroxylation sites is 6. The molecule has 0 unspecified atom stereocenters. The largest absolute Gasteiger partial charge is 0.398 e. The summed E-state index contributed by atoms with van der Waals surface area (Å²) in [4.78, 5) is 0. The predicted molar refractivity (Wildman–Crippen MR) is 328 cm³/mol. The number of nitrogens with zero attached hydrogens (tertiary/aromatic N) is 3. The van der Waals surface area contributed by atoms with Crippen LogP contribution in [0, 0.1) is 0 Å². The van der Waals surface area contributed by atoms with Crippen molar-refractivity contribution in [2.45, 2.75) is 19.4 Å². The smallest absolute Gasteiger partial charge is 0.0688 e. The molecule has 5 heterocycles. The number of rotatable bonds is 6. The number of aromatic nitrogens is 3. The SMILES string of the molecule is CC(C)(c1c(-n2c3ccccc3c3c4sc5ccccc5c4ccc32)c(-c2ccccc2N)cc(-c2ccccc2N)c1-n1c2ccccc2c2c3sc4ccccc4c3ccc21)n1c2ccccc2c2ccccc21. The third-order valence-corrected chi connectivity index (χ3v) is 18.7. The second-order valence-corrected chi connectivity index (χ2v) is 22.8. The molecule has 0 saturated heterocycles. The molecule has 7 heteroatoms. The molecule has 0 spiro atoms. The lowest BCUT2D eigenvalue weighted by molar-refractivity contribution is 0.462. The van der Waals surface area contributed by atoms with Crippen LogP contribution in [-0.4, -0.2) is 13.7 Å². The number of thiophene rings is 2. The van der Waals surface area contributed by atoms with Crippen molar-refractivity contribution in [2.24, 2.45) is 0 Å². The van der Waals surface area contributed by atoms with Crippen molar-refractivity contribution >= 4 is 140 Å². The molecule has 16 rings (SSSR count). The number of nitrogens with two attached hydrogens (primary N) is 2. The van der Waals surface area contributed by atoms with Gasteiger partial charge in [0.25, 0.3) is 0 Å². The molecule has 0 radical (unpaired) electrons. The minimum absolute atomic E-state index is 0.695. The van der Waals surface area contributed by atoms with Gasteiger partial charge in [0.2, 0.25) is 0 Å². The molecule has 0 aliphatic rings. The molecule has 4 N–H and O–H groups in total. The highest BCUT2D eigenvalue weighted by atomic mass is 32.1. The van der Waals surface area contributed by atoms with E-state index in [0.717, 1.165) is 72.3 Å². The Morgan fingerprint density at radius 1 is 0.329 bits per heavy atom. The zero-order valence-electron chi connectivity index (χ0n) is 41.7. The molecule has 0 aliphatic carbocycles. The molecule has 0 atom stereocenters. The van der Waals surface area contributed by atoms with Gasteiger partial charge in [-0.2, -0.15) is 0 Å². The van der Waals surface area contributed by atoms with Gasteiger partial charge < -0.3 is 25.2 Å². The van der Waals surface area contributed by atoms with Crippen molar-refractivity contribution in [3.63, 3.8) is 0 Å². The zero-order valence-corrected chi connectivity index (χ0v) is 43.3. The molecule has 5 nitrogen and oxygen atoms in total. The van der Waals surface area contributed by atoms with Gasteiger partial charge in [-0.25, -0.2) is 0 Å². The standard InChI is InChI=1S/C69H47N5S2/c1-69(2,74-56-31-15-5-21-42(56)43-22-6-16-32-57(43)74)64-65(72-54-29-13-7-25-48(54)62-58(72)37-35-46-44-23-9-17-33-60(44)75-67(46)62)50(40-19-3-11-27-52(40)70)39-51(41-20-4-12-28-53(41)71)66(64)73-55-30-14-8-26-49(55)63-59(73)38-36-47-45-24-10-18-34-61(45)76-68(47)63/h3-39H,70-71H2,1-2H3. The summed E-state index contributed by atoms with van der Waals surface area (Å²) in [5.41, 5.74) is 29.2. The number of nitrogen functional groups attached to an aromatic ring is 2. The van der Waals surface area contributed by atoms with Crippen LogP contribution in [0.4, 0.5) is 11.4 Å². The molecular weight excluding hydrogens is 963 g/mol. The highest BCUT2D eigenvalue weighted by Gasteiger charge is 2.39. The lowest BCUT2D eigenvalue weighted by Gasteiger charge is -2.37. The number of hydrogen-bond donors (Lipinski definition) is 2. The molecule has 16 aromatic rings. The van der Waals surface area contributed by atoms with E-state index < -0.39 is 5.54 Å². The van der Waals surface area contributed by atoms with Gasteiger partial charge in [-0.15, -0.1) is 22.7 Å². The summed E-state index contributed by atoms with van der Waals surface area (Å²) in [6, 6.07) is 82.1. The minimum Gasteiger partial charge on any atom is -0.398 e. The zero-order chi connectivity index (χ0) is 50.6. The van der Waals surface area contributed by atoms with Crippen molar-refractivity contribution in [1.82, 2.24) is 13.7 Å². The molecule has 0 bridgehead atoms. The monoisotopic (exact) mass is 1010 g/mol. The summed E-state index contributed by atoms with van der Waals surface area (Å²) in [7, 11) is 0. The van der Waals surface area contributed by atoms with Gasteiger partial charge in [0.1, 0.15) is 0 Å². The second-order valence-electron chi connectivity index (χ2n) is 20.7. The van der Waals surface area contributed by atoms with Crippen molar-refractivity contribution in [3.05, 3.63) is 230 Å². The summed E-state index contributed by atoms with van der Waals surface area (Å²) in [5.74, 6) is 0. The molecule has 76 heavy (non-hydrogen) atoms. The fraction of sp³-hybridized carbons (Fsp3) is 0.0435. The molecule has 360 valence electrons. The first-order valence-corrected chi connectivity index (χ1v) is 27.6. The fourth-order valence-electron chi connectivity index (χ4n) is 13.2. The third kappa shape index (κ3) is 5.84. The number of fused-ring (bicyclic) bond motifs is 17. The summed E-state index contributed by atoms with van der Waals surface area (Å²) in [5, 5.41) is 12.4. The van der Waals surface area contributed by atoms with Crippen molar-refractivity contribution in [2.75, 3.05) is 11.5 Å². The minimum atomic E-state index is -0.815. The van der Waals surface area contributed by atoms with E-state index in [9.17, 15) is 0 Å². The fourth-order valence-corrected chi connectivity index (χ4v) is 15.7. The van der Waals surface area contributed by atoms with Gasteiger partial charge in [-0.1, -0.05) is 158 Å². The van der Waals surface area contributed by atoms with Crippen LogP contribution in [0.15, 0.2) is 224 Å². The Bertz CT molecular complexity index is 4820. The van der Waals surface area contributed by atoms with Gasteiger partial charge in [-0.3, -0.25) is 0 Å². The Labute approximate surface area is 445 Å². The Morgan fingerprint density at radius 3 is 1.14 bits per heavy atom. The van der Waals surface area contributed by atoms with E-state index in [2.05, 4.69) is 228 Å². The first-order valence-electron chi connectivity index (χ1n) is 25.9. The summed E-state index contributed by atoms with van der Waals surface area (Å²) in [6.45, 7) is 4.86. The highest BCUT2D eigenvalue weighted by Crippen LogP contribution is 2.54. The topological polar surface area (TPSA) is 66.8 Å². The van der Waals surface area contributed by atoms with E-state index in [1.165, 1.54) is 72.7 Å². The van der Waals surface area contributed by atoms with Crippen LogP contribution in [-0.2, 0) is 5.54 Å². The van der Waals surface area contributed by atoms with Crippen LogP contribution in [0.2, 0.25) is 0 Å². The Kier molecular flexibility index (Phi) is 9.07. The van der Waals surface area contributed by atoms with Crippen molar-refractivity contribution in [3.8, 4) is 33.6 Å². The van der Waals surface area contributed by atoms with E-state index in [4.69, 9.17) is 11.5 Å². The third-order valence-electron chi connectivity index (χ3n) is 16.3. The van der Waals surface area contributed by atoms with Crippen molar-refractivity contribution in [1.29, 1.82) is 0 Å². The lowest BCUT2D eigenvalue weighted by atomic mass is 9.82. The summed E-state index contributed by atoms with van der Waals surface area (Å²) >= 11 is 3.76. The molecule has 0 fully saturated rings. The Hall–Kier alpha value is -9.14. The van der Waals surface area contributed by atoms with Crippen LogP contribution in [0.25, 0.3) is 139 Å². The molecule has 0 aliphatic heterocycles. The summed E-state index contributed by atoms with van der Waals surface area (Å²) < 4.78 is 12.9. The van der Waals surface area contributed by atoms with E-state index >= 15 is 0 Å². The van der Waals surface area contributed by atoms with Gasteiger partial charge >= 0.3 is 0 Å². The maximum Gasteiger partial charge on any atom is 0.0688 e. The van der Waals surface area contributed by atoms with Crippen LogP contribution in [0.5, 0.6) is 0 Å².